The molecule has 0 bridgehead atoms. The molecule has 8 N–H and O–H groups in total. The Hall–Kier alpha value is -3.18. The quantitative estimate of drug-likeness (QED) is 0.294. The SMILES string of the molecule is CC(=O)Nc1nc(CCc2ccc(N=C(N)N)cc2)c(C(=O)NCC(N)=O)s1.Cl. The molecule has 29 heavy (non-hydrogen) atoms. The van der Waals surface area contributed by atoms with Crippen LogP contribution in [0.1, 0.15) is 27.9 Å². The number of thiazole rings is 1. The van der Waals surface area contributed by atoms with Crippen molar-refractivity contribution in [2.24, 2.45) is 22.2 Å². The fourth-order valence-electron chi connectivity index (χ4n) is 2.30. The molecule has 0 unspecified atom stereocenters. The predicted octanol–water partition coefficient (Wildman–Crippen LogP) is 0.428. The van der Waals surface area contributed by atoms with Crippen LogP contribution in [0.2, 0.25) is 0 Å². The molecule has 2 aromatic rings. The van der Waals surface area contributed by atoms with E-state index in [0.29, 0.717) is 34.2 Å². The second kappa shape index (κ2) is 11.0. The van der Waals surface area contributed by atoms with Gasteiger partial charge in [0.2, 0.25) is 11.8 Å². The minimum absolute atomic E-state index is 0. The molecule has 0 spiro atoms. The molecular formula is C17H22ClN7O3S. The Morgan fingerprint density at radius 1 is 1.10 bits per heavy atom. The van der Waals surface area contributed by atoms with Crippen LogP contribution in [0.4, 0.5) is 10.8 Å². The molecule has 0 aliphatic rings. The van der Waals surface area contributed by atoms with E-state index in [-0.39, 0.29) is 30.8 Å². The summed E-state index contributed by atoms with van der Waals surface area (Å²) in [5.74, 6) is -1.43. The Balaban J connectivity index is 0.00000420. The molecule has 1 aromatic heterocycles. The van der Waals surface area contributed by atoms with E-state index in [9.17, 15) is 14.4 Å². The normalized spacial score (nSPS) is 9.83. The fraction of sp³-hybridized carbons (Fsp3) is 0.235. The average Bonchev–Trinajstić information content (AvgIpc) is 3.00. The van der Waals surface area contributed by atoms with Gasteiger partial charge in [0.25, 0.3) is 5.91 Å². The van der Waals surface area contributed by atoms with Crippen LogP contribution in [-0.4, -0.2) is 35.2 Å². The molecule has 3 amide bonds. The van der Waals surface area contributed by atoms with Gasteiger partial charge >= 0.3 is 0 Å². The van der Waals surface area contributed by atoms with Crippen molar-refractivity contribution in [2.45, 2.75) is 19.8 Å². The van der Waals surface area contributed by atoms with E-state index in [4.69, 9.17) is 17.2 Å². The number of aromatic nitrogens is 1. The second-order valence-corrected chi connectivity index (χ2v) is 6.83. The molecule has 0 saturated heterocycles. The molecule has 0 atom stereocenters. The van der Waals surface area contributed by atoms with Gasteiger partial charge in [-0.2, -0.15) is 0 Å². The van der Waals surface area contributed by atoms with Crippen molar-refractivity contribution in [3.05, 3.63) is 40.4 Å². The molecule has 156 valence electrons. The highest BCUT2D eigenvalue weighted by atomic mass is 35.5. The monoisotopic (exact) mass is 439 g/mol. The van der Waals surface area contributed by atoms with Crippen LogP contribution in [0.5, 0.6) is 0 Å². The van der Waals surface area contributed by atoms with Crippen LogP contribution < -0.4 is 27.8 Å². The summed E-state index contributed by atoms with van der Waals surface area (Å²) in [5, 5.41) is 5.32. The zero-order valence-corrected chi connectivity index (χ0v) is 17.2. The number of nitrogens with zero attached hydrogens (tertiary/aromatic N) is 2. The number of hydrogen-bond donors (Lipinski definition) is 5. The summed E-state index contributed by atoms with van der Waals surface area (Å²) in [4.78, 5) is 43.1. The number of aryl methyl sites for hydroxylation is 2. The van der Waals surface area contributed by atoms with Gasteiger partial charge in [0.15, 0.2) is 11.1 Å². The highest BCUT2D eigenvalue weighted by Gasteiger charge is 2.19. The Bertz CT molecular complexity index is 908. The largest absolute Gasteiger partial charge is 0.370 e. The van der Waals surface area contributed by atoms with Crippen molar-refractivity contribution in [2.75, 3.05) is 11.9 Å². The second-order valence-electron chi connectivity index (χ2n) is 5.83. The number of hydrogen-bond acceptors (Lipinski definition) is 6. The zero-order valence-electron chi connectivity index (χ0n) is 15.6. The molecule has 2 rings (SSSR count). The average molecular weight is 440 g/mol. The lowest BCUT2D eigenvalue weighted by Crippen LogP contribution is -2.33. The summed E-state index contributed by atoms with van der Waals surface area (Å²) in [6, 6.07) is 7.30. The summed E-state index contributed by atoms with van der Waals surface area (Å²) < 4.78 is 0. The lowest BCUT2D eigenvalue weighted by atomic mass is 10.1. The highest BCUT2D eigenvalue weighted by molar-refractivity contribution is 7.17. The van der Waals surface area contributed by atoms with Gasteiger partial charge in [-0.1, -0.05) is 23.5 Å². The van der Waals surface area contributed by atoms with E-state index in [1.807, 2.05) is 12.1 Å². The Kier molecular flexibility index (Phi) is 9.03. The number of carbonyl (C=O) groups excluding carboxylic acids is 3. The van der Waals surface area contributed by atoms with E-state index in [1.54, 1.807) is 12.1 Å². The molecule has 0 fully saturated rings. The number of amides is 3. The minimum atomic E-state index is -0.651. The van der Waals surface area contributed by atoms with Gasteiger partial charge in [-0.15, -0.1) is 12.4 Å². The number of primary amides is 1. The van der Waals surface area contributed by atoms with Gasteiger partial charge in [-0.05, 0) is 30.5 Å². The molecule has 0 saturated carbocycles. The fourth-order valence-corrected chi connectivity index (χ4v) is 3.27. The number of aliphatic imine (C=N–C) groups is 1. The van der Waals surface area contributed by atoms with Crippen molar-refractivity contribution in [3.8, 4) is 0 Å². The topological polar surface area (TPSA) is 179 Å². The third-order valence-corrected chi connectivity index (χ3v) is 4.47. The summed E-state index contributed by atoms with van der Waals surface area (Å²) in [5.41, 5.74) is 17.9. The number of anilines is 1. The first-order chi connectivity index (χ1) is 13.2. The number of guanidine groups is 1. The standard InChI is InChI=1S/C17H21N7O3S.ClH/c1-9(25)22-17-24-12(14(28-17)15(27)21-8-13(18)26)7-4-10-2-5-11(6-3-10)23-16(19)20;/h2-3,5-6H,4,7-8H2,1H3,(H2,18,26)(H,21,27)(H4,19,20,23)(H,22,24,25);1H. The summed E-state index contributed by atoms with van der Waals surface area (Å²) in [6.07, 6.45) is 1.05. The first-order valence-corrected chi connectivity index (χ1v) is 9.08. The van der Waals surface area contributed by atoms with Gasteiger partial charge in [0.1, 0.15) is 4.88 Å². The van der Waals surface area contributed by atoms with E-state index in [1.165, 1.54) is 6.92 Å². The number of nitrogens with one attached hydrogen (secondary N) is 2. The summed E-state index contributed by atoms with van der Waals surface area (Å²) in [6.45, 7) is 1.07. The van der Waals surface area contributed by atoms with Crippen LogP contribution in [-0.2, 0) is 22.4 Å². The van der Waals surface area contributed by atoms with Crippen molar-refractivity contribution < 1.29 is 14.4 Å². The van der Waals surface area contributed by atoms with Gasteiger partial charge < -0.3 is 27.8 Å². The molecular weight excluding hydrogens is 418 g/mol. The minimum Gasteiger partial charge on any atom is -0.370 e. The van der Waals surface area contributed by atoms with Crippen molar-refractivity contribution in [1.29, 1.82) is 0 Å². The van der Waals surface area contributed by atoms with Crippen LogP contribution >= 0.6 is 23.7 Å². The Morgan fingerprint density at radius 3 is 2.31 bits per heavy atom. The Labute approximate surface area is 177 Å². The molecule has 1 aromatic carbocycles. The van der Waals surface area contributed by atoms with Crippen molar-refractivity contribution >= 4 is 58.2 Å². The molecule has 0 aliphatic heterocycles. The summed E-state index contributed by atoms with van der Waals surface area (Å²) >= 11 is 1.04. The van der Waals surface area contributed by atoms with Crippen molar-refractivity contribution in [3.63, 3.8) is 0 Å². The number of nitrogens with two attached hydrogens (primary N) is 3. The van der Waals surface area contributed by atoms with E-state index in [2.05, 4.69) is 20.6 Å². The molecule has 0 radical (unpaired) electrons. The van der Waals surface area contributed by atoms with Crippen LogP contribution in [0, 0.1) is 0 Å². The van der Waals surface area contributed by atoms with Crippen LogP contribution in [0.15, 0.2) is 29.3 Å². The van der Waals surface area contributed by atoms with E-state index in [0.717, 1.165) is 16.9 Å². The van der Waals surface area contributed by atoms with Crippen LogP contribution in [0.25, 0.3) is 0 Å². The number of rotatable bonds is 8. The third-order valence-electron chi connectivity index (χ3n) is 3.45. The maximum atomic E-state index is 12.3. The number of carbonyl (C=O) groups is 3. The number of halogens is 1. The number of benzene rings is 1. The van der Waals surface area contributed by atoms with E-state index < -0.39 is 11.8 Å². The molecule has 12 heteroatoms. The van der Waals surface area contributed by atoms with Gasteiger partial charge in [-0.3, -0.25) is 14.4 Å². The smallest absolute Gasteiger partial charge is 0.263 e. The van der Waals surface area contributed by atoms with Gasteiger partial charge in [0, 0.05) is 6.92 Å². The zero-order chi connectivity index (χ0) is 20.7. The predicted molar refractivity (Wildman–Crippen MR) is 115 cm³/mol. The van der Waals surface area contributed by atoms with Gasteiger partial charge in [0.05, 0.1) is 17.9 Å². The lowest BCUT2D eigenvalue weighted by Gasteiger charge is -2.04. The van der Waals surface area contributed by atoms with E-state index >= 15 is 0 Å². The first kappa shape index (κ1) is 23.9. The highest BCUT2D eigenvalue weighted by Crippen LogP contribution is 2.25. The van der Waals surface area contributed by atoms with Crippen LogP contribution in [0.3, 0.4) is 0 Å². The Morgan fingerprint density at radius 2 is 1.76 bits per heavy atom. The maximum absolute atomic E-state index is 12.3. The maximum Gasteiger partial charge on any atom is 0.263 e. The first-order valence-electron chi connectivity index (χ1n) is 8.27. The lowest BCUT2D eigenvalue weighted by molar-refractivity contribution is -0.117. The summed E-state index contributed by atoms with van der Waals surface area (Å²) in [7, 11) is 0. The third kappa shape index (κ3) is 7.76. The molecule has 1 heterocycles. The molecule has 10 nitrogen and oxygen atoms in total. The molecule has 0 aliphatic carbocycles. The van der Waals surface area contributed by atoms with Gasteiger partial charge in [-0.25, -0.2) is 9.98 Å². The van der Waals surface area contributed by atoms with Crippen molar-refractivity contribution in [1.82, 2.24) is 10.3 Å².